The molecule has 0 amide bonds. The predicted octanol–water partition coefficient (Wildman–Crippen LogP) is 3.56. The molecule has 0 saturated carbocycles. The third kappa shape index (κ3) is 4.05. The van der Waals surface area contributed by atoms with Gasteiger partial charge in [-0.2, -0.15) is 0 Å². The van der Waals surface area contributed by atoms with Crippen molar-refractivity contribution in [3.63, 3.8) is 0 Å². The lowest BCUT2D eigenvalue weighted by Crippen LogP contribution is -2.17. The van der Waals surface area contributed by atoms with Crippen LogP contribution in [0.15, 0.2) is 24.3 Å². The first-order chi connectivity index (χ1) is 7.13. The third-order valence-corrected chi connectivity index (χ3v) is 2.61. The minimum absolute atomic E-state index is 0.460. The van der Waals surface area contributed by atoms with Crippen molar-refractivity contribution in [1.82, 2.24) is 5.32 Å². The van der Waals surface area contributed by atoms with Gasteiger partial charge in [0.2, 0.25) is 0 Å². The summed E-state index contributed by atoms with van der Waals surface area (Å²) in [6, 6.07) is 9.38. The highest BCUT2D eigenvalue weighted by molar-refractivity contribution is 5.26. The van der Waals surface area contributed by atoms with E-state index in [0.717, 1.165) is 12.5 Å². The maximum Gasteiger partial charge on any atom is 0.0291 e. The molecule has 1 atom stereocenters. The summed E-state index contributed by atoms with van der Waals surface area (Å²) in [6.07, 6.45) is 1.17. The van der Waals surface area contributed by atoms with Crippen LogP contribution in [0.5, 0.6) is 0 Å². The van der Waals surface area contributed by atoms with E-state index in [4.69, 9.17) is 0 Å². The van der Waals surface area contributed by atoms with E-state index in [1.54, 1.807) is 0 Å². The second-order valence-corrected chi connectivity index (χ2v) is 4.62. The number of nitrogens with one attached hydrogen (secondary N) is 1. The molecule has 0 bridgehead atoms. The van der Waals surface area contributed by atoms with Gasteiger partial charge in [0.05, 0.1) is 0 Å². The molecule has 0 fully saturated rings. The van der Waals surface area contributed by atoms with Gasteiger partial charge in [-0.15, -0.1) is 0 Å². The molecule has 1 N–H and O–H groups in total. The SMILES string of the molecule is CCNC(C)c1cccc(CC(C)C)c1. The molecule has 0 aliphatic rings. The van der Waals surface area contributed by atoms with Crippen LogP contribution in [0, 0.1) is 5.92 Å². The Morgan fingerprint density at radius 3 is 2.53 bits per heavy atom. The quantitative estimate of drug-likeness (QED) is 0.775. The molecule has 84 valence electrons. The molecule has 1 rings (SSSR count). The Morgan fingerprint density at radius 2 is 1.93 bits per heavy atom. The molecule has 1 unspecified atom stereocenters. The minimum atomic E-state index is 0.460. The molecule has 1 aromatic rings. The lowest BCUT2D eigenvalue weighted by molar-refractivity contribution is 0.595. The summed E-state index contributed by atoms with van der Waals surface area (Å²) < 4.78 is 0. The zero-order valence-electron chi connectivity index (χ0n) is 10.4. The summed E-state index contributed by atoms with van der Waals surface area (Å²) in [5.41, 5.74) is 2.85. The van der Waals surface area contributed by atoms with Crippen LogP contribution in [-0.2, 0) is 6.42 Å². The molecule has 0 radical (unpaired) electrons. The molecule has 0 aliphatic heterocycles. The van der Waals surface area contributed by atoms with E-state index in [2.05, 4.69) is 57.3 Å². The highest BCUT2D eigenvalue weighted by Crippen LogP contribution is 2.16. The van der Waals surface area contributed by atoms with Gasteiger partial charge in [-0.05, 0) is 36.9 Å². The molecule has 0 aliphatic carbocycles. The molecular weight excluding hydrogens is 182 g/mol. The Hall–Kier alpha value is -0.820. The summed E-state index contributed by atoms with van der Waals surface area (Å²) in [5, 5.41) is 3.44. The summed E-state index contributed by atoms with van der Waals surface area (Å²) in [4.78, 5) is 0. The fourth-order valence-corrected chi connectivity index (χ4v) is 1.88. The van der Waals surface area contributed by atoms with Crippen LogP contribution in [0.1, 0.15) is 44.9 Å². The smallest absolute Gasteiger partial charge is 0.0291 e. The average Bonchev–Trinajstić information content (AvgIpc) is 2.17. The summed E-state index contributed by atoms with van der Waals surface area (Å²) >= 11 is 0. The van der Waals surface area contributed by atoms with Crippen LogP contribution >= 0.6 is 0 Å². The van der Waals surface area contributed by atoms with Gasteiger partial charge in [-0.3, -0.25) is 0 Å². The molecule has 0 aromatic heterocycles. The molecule has 0 saturated heterocycles. The molecule has 0 heterocycles. The lowest BCUT2D eigenvalue weighted by atomic mass is 9.99. The first-order valence-corrected chi connectivity index (χ1v) is 5.95. The Morgan fingerprint density at radius 1 is 1.20 bits per heavy atom. The van der Waals surface area contributed by atoms with Crippen molar-refractivity contribution >= 4 is 0 Å². The van der Waals surface area contributed by atoms with Crippen LogP contribution < -0.4 is 5.32 Å². The fraction of sp³-hybridized carbons (Fsp3) is 0.571. The molecule has 1 aromatic carbocycles. The summed E-state index contributed by atoms with van der Waals surface area (Å²) in [7, 11) is 0. The van der Waals surface area contributed by atoms with Gasteiger partial charge < -0.3 is 5.32 Å². The molecule has 1 heteroatoms. The number of rotatable bonds is 5. The lowest BCUT2D eigenvalue weighted by Gasteiger charge is -2.14. The standard InChI is InChI=1S/C14H23N/c1-5-15-12(4)14-8-6-7-13(10-14)9-11(2)3/h6-8,10-12,15H,5,9H2,1-4H3. The monoisotopic (exact) mass is 205 g/mol. The number of hydrogen-bond acceptors (Lipinski definition) is 1. The van der Waals surface area contributed by atoms with Crippen molar-refractivity contribution in [2.24, 2.45) is 5.92 Å². The molecule has 15 heavy (non-hydrogen) atoms. The Labute approximate surface area is 93.9 Å². The maximum absolute atomic E-state index is 3.44. The van der Waals surface area contributed by atoms with Crippen molar-refractivity contribution in [2.75, 3.05) is 6.54 Å². The van der Waals surface area contributed by atoms with E-state index in [0.29, 0.717) is 6.04 Å². The third-order valence-electron chi connectivity index (χ3n) is 2.61. The van der Waals surface area contributed by atoms with E-state index in [-0.39, 0.29) is 0 Å². The topological polar surface area (TPSA) is 12.0 Å². The first-order valence-electron chi connectivity index (χ1n) is 5.95. The molecular formula is C14H23N. The highest BCUT2D eigenvalue weighted by Gasteiger charge is 2.04. The van der Waals surface area contributed by atoms with Crippen molar-refractivity contribution in [2.45, 2.75) is 40.2 Å². The van der Waals surface area contributed by atoms with Gasteiger partial charge in [0, 0.05) is 6.04 Å². The van der Waals surface area contributed by atoms with Crippen LogP contribution in [0.3, 0.4) is 0 Å². The Bertz CT molecular complexity index is 291. The van der Waals surface area contributed by atoms with Gasteiger partial charge in [0.1, 0.15) is 0 Å². The van der Waals surface area contributed by atoms with Crippen molar-refractivity contribution in [1.29, 1.82) is 0 Å². The number of hydrogen-bond donors (Lipinski definition) is 1. The second kappa shape index (κ2) is 5.92. The first kappa shape index (κ1) is 12.3. The van der Waals surface area contributed by atoms with Gasteiger partial charge >= 0.3 is 0 Å². The highest BCUT2D eigenvalue weighted by atomic mass is 14.9. The second-order valence-electron chi connectivity index (χ2n) is 4.62. The predicted molar refractivity (Wildman–Crippen MR) is 67.1 cm³/mol. The zero-order valence-corrected chi connectivity index (χ0v) is 10.4. The largest absolute Gasteiger partial charge is 0.310 e. The normalized spacial score (nSPS) is 13.1. The van der Waals surface area contributed by atoms with Gasteiger partial charge in [0.15, 0.2) is 0 Å². The average molecular weight is 205 g/mol. The van der Waals surface area contributed by atoms with E-state index >= 15 is 0 Å². The minimum Gasteiger partial charge on any atom is -0.310 e. The van der Waals surface area contributed by atoms with Crippen molar-refractivity contribution in [3.8, 4) is 0 Å². The Balaban J connectivity index is 2.73. The van der Waals surface area contributed by atoms with E-state index in [9.17, 15) is 0 Å². The fourth-order valence-electron chi connectivity index (χ4n) is 1.88. The van der Waals surface area contributed by atoms with Crippen molar-refractivity contribution < 1.29 is 0 Å². The van der Waals surface area contributed by atoms with E-state index in [1.807, 2.05) is 0 Å². The molecule has 1 nitrogen and oxygen atoms in total. The Kier molecular flexibility index (Phi) is 4.83. The van der Waals surface area contributed by atoms with E-state index < -0.39 is 0 Å². The van der Waals surface area contributed by atoms with Crippen LogP contribution in [0.25, 0.3) is 0 Å². The summed E-state index contributed by atoms with van der Waals surface area (Å²) in [5.74, 6) is 0.731. The van der Waals surface area contributed by atoms with Crippen LogP contribution in [0.2, 0.25) is 0 Å². The maximum atomic E-state index is 3.44. The molecule has 0 spiro atoms. The van der Waals surface area contributed by atoms with Crippen molar-refractivity contribution in [3.05, 3.63) is 35.4 Å². The van der Waals surface area contributed by atoms with Gasteiger partial charge in [-0.25, -0.2) is 0 Å². The number of benzene rings is 1. The summed E-state index contributed by atoms with van der Waals surface area (Å²) in [6.45, 7) is 9.92. The van der Waals surface area contributed by atoms with Gasteiger partial charge in [0.25, 0.3) is 0 Å². The van der Waals surface area contributed by atoms with Gasteiger partial charge in [-0.1, -0.05) is 45.0 Å². The zero-order chi connectivity index (χ0) is 11.3. The van der Waals surface area contributed by atoms with Crippen LogP contribution in [-0.4, -0.2) is 6.54 Å². The van der Waals surface area contributed by atoms with Crippen LogP contribution in [0.4, 0.5) is 0 Å². The van der Waals surface area contributed by atoms with E-state index in [1.165, 1.54) is 17.5 Å².